The Morgan fingerprint density at radius 3 is 2.52 bits per heavy atom. The highest BCUT2D eigenvalue weighted by atomic mass is 16.2. The van der Waals surface area contributed by atoms with Crippen LogP contribution in [0.5, 0.6) is 0 Å². The number of amidine groups is 1. The Labute approximate surface area is 197 Å². The molecule has 1 saturated heterocycles. The number of likely N-dealkylation sites (tertiary alicyclic amines) is 1. The maximum absolute atomic E-state index is 12.7. The zero-order chi connectivity index (χ0) is 23.1. The number of unbranched alkanes of at least 4 members (excludes halogenated alkanes) is 3. The number of rotatable bonds is 8. The Morgan fingerprint density at radius 1 is 1.03 bits per heavy atom. The molecule has 176 valence electrons. The number of aliphatic imine (C=N–C) groups is 1. The standard InChI is InChI=1S/C26H36N6O/c1-2-3-4-8-15-24(33)31-18-16-26(17-19-31)25(30-28-20-21-11-6-5-7-12-21)29-22-13-9-10-14-23(22)32(26)27/h5-7,9-14,28H,2-4,8,15-20,27H2,1H3,(H,29,30). The van der Waals surface area contributed by atoms with E-state index < -0.39 is 5.54 Å². The number of benzene rings is 2. The third-order valence-corrected chi connectivity index (χ3v) is 6.81. The van der Waals surface area contributed by atoms with Gasteiger partial charge in [-0.1, -0.05) is 68.7 Å². The van der Waals surface area contributed by atoms with Gasteiger partial charge < -0.3 is 10.3 Å². The monoisotopic (exact) mass is 448 g/mol. The molecular formula is C26H36N6O. The van der Waals surface area contributed by atoms with E-state index in [2.05, 4.69) is 29.9 Å². The zero-order valence-corrected chi connectivity index (χ0v) is 19.6. The van der Waals surface area contributed by atoms with Crippen molar-refractivity contribution in [2.75, 3.05) is 18.1 Å². The van der Waals surface area contributed by atoms with Crippen molar-refractivity contribution in [3.63, 3.8) is 0 Å². The van der Waals surface area contributed by atoms with Crippen molar-refractivity contribution >= 4 is 23.1 Å². The van der Waals surface area contributed by atoms with Crippen LogP contribution in [0.1, 0.15) is 57.4 Å². The first-order valence-corrected chi connectivity index (χ1v) is 12.2. The minimum atomic E-state index is -0.475. The molecule has 2 aromatic carbocycles. The third-order valence-electron chi connectivity index (χ3n) is 6.81. The largest absolute Gasteiger partial charge is 0.342 e. The van der Waals surface area contributed by atoms with Crippen molar-refractivity contribution in [1.29, 1.82) is 0 Å². The molecule has 0 bridgehead atoms. The van der Waals surface area contributed by atoms with Crippen molar-refractivity contribution in [1.82, 2.24) is 15.8 Å². The Hall–Kier alpha value is -2.90. The van der Waals surface area contributed by atoms with Gasteiger partial charge in [0.2, 0.25) is 5.91 Å². The lowest BCUT2D eigenvalue weighted by molar-refractivity contribution is -0.132. The summed E-state index contributed by atoms with van der Waals surface area (Å²) in [6.07, 6.45) is 6.58. The van der Waals surface area contributed by atoms with E-state index in [1.807, 2.05) is 52.4 Å². The van der Waals surface area contributed by atoms with Gasteiger partial charge in [-0.05, 0) is 37.0 Å². The van der Waals surface area contributed by atoms with Crippen molar-refractivity contribution in [2.24, 2.45) is 10.8 Å². The van der Waals surface area contributed by atoms with Crippen LogP contribution in [-0.4, -0.2) is 35.3 Å². The first-order chi connectivity index (χ1) is 16.1. The van der Waals surface area contributed by atoms with Gasteiger partial charge in [0.1, 0.15) is 11.4 Å². The summed E-state index contributed by atoms with van der Waals surface area (Å²) in [5.74, 6) is 7.82. The van der Waals surface area contributed by atoms with Gasteiger partial charge in [0.25, 0.3) is 0 Å². The first-order valence-electron chi connectivity index (χ1n) is 12.2. The molecule has 0 atom stereocenters. The average molecular weight is 449 g/mol. The number of nitrogens with zero attached hydrogens (tertiary/aromatic N) is 3. The van der Waals surface area contributed by atoms with Gasteiger partial charge >= 0.3 is 0 Å². The second-order valence-corrected chi connectivity index (χ2v) is 9.01. The minimum Gasteiger partial charge on any atom is -0.342 e. The van der Waals surface area contributed by atoms with E-state index >= 15 is 0 Å². The molecule has 0 aliphatic carbocycles. The smallest absolute Gasteiger partial charge is 0.222 e. The number of carbonyl (C=O) groups excluding carboxylic acids is 1. The van der Waals surface area contributed by atoms with E-state index in [1.54, 1.807) is 0 Å². The fourth-order valence-electron chi connectivity index (χ4n) is 4.77. The van der Waals surface area contributed by atoms with Crippen LogP contribution in [-0.2, 0) is 11.3 Å². The number of para-hydroxylation sites is 2. The van der Waals surface area contributed by atoms with Crippen LogP contribution < -0.4 is 21.7 Å². The zero-order valence-electron chi connectivity index (χ0n) is 19.6. The van der Waals surface area contributed by atoms with Crippen LogP contribution >= 0.6 is 0 Å². The number of nitrogens with one attached hydrogen (secondary N) is 2. The molecule has 0 aromatic heterocycles. The summed E-state index contributed by atoms with van der Waals surface area (Å²) < 4.78 is 0. The molecule has 4 rings (SSSR count). The Kier molecular flexibility index (Phi) is 7.62. The lowest BCUT2D eigenvalue weighted by Crippen LogP contribution is -2.68. The number of anilines is 1. The number of amides is 1. The first kappa shape index (κ1) is 23.3. The van der Waals surface area contributed by atoms with Crippen molar-refractivity contribution < 1.29 is 4.79 Å². The van der Waals surface area contributed by atoms with Crippen LogP contribution in [0.4, 0.5) is 11.4 Å². The summed E-state index contributed by atoms with van der Waals surface area (Å²) in [7, 11) is 0. The topological polar surface area (TPSA) is 86.0 Å². The highest BCUT2D eigenvalue weighted by Crippen LogP contribution is 2.41. The van der Waals surface area contributed by atoms with E-state index in [0.717, 1.165) is 42.9 Å². The minimum absolute atomic E-state index is 0.259. The van der Waals surface area contributed by atoms with Gasteiger partial charge in [-0.3, -0.25) is 9.80 Å². The van der Waals surface area contributed by atoms with Crippen LogP contribution in [0.15, 0.2) is 59.6 Å². The summed E-state index contributed by atoms with van der Waals surface area (Å²) in [5.41, 5.74) is 9.18. The maximum Gasteiger partial charge on any atom is 0.222 e. The normalized spacial score (nSPS) is 17.0. The number of hydrogen-bond donors (Lipinski definition) is 3. The second kappa shape index (κ2) is 10.8. The fourth-order valence-corrected chi connectivity index (χ4v) is 4.77. The van der Waals surface area contributed by atoms with Gasteiger partial charge in [0.15, 0.2) is 0 Å². The highest BCUT2D eigenvalue weighted by molar-refractivity contribution is 6.00. The maximum atomic E-state index is 12.7. The molecule has 2 heterocycles. The predicted octanol–water partition coefficient (Wildman–Crippen LogP) is 4.04. The summed E-state index contributed by atoms with van der Waals surface area (Å²) in [4.78, 5) is 19.7. The van der Waals surface area contributed by atoms with E-state index in [-0.39, 0.29) is 5.91 Å². The molecule has 0 unspecified atom stereocenters. The summed E-state index contributed by atoms with van der Waals surface area (Å²) >= 11 is 0. The van der Waals surface area contributed by atoms with Crippen LogP contribution in [0.25, 0.3) is 0 Å². The molecule has 1 fully saturated rings. The quantitative estimate of drug-likeness (QED) is 0.322. The van der Waals surface area contributed by atoms with Crippen molar-refractivity contribution in [2.45, 2.75) is 64.0 Å². The Morgan fingerprint density at radius 2 is 1.76 bits per heavy atom. The number of hydrazine groups is 2. The van der Waals surface area contributed by atoms with E-state index in [1.165, 1.54) is 18.4 Å². The second-order valence-electron chi connectivity index (χ2n) is 9.01. The van der Waals surface area contributed by atoms with Crippen LogP contribution in [0.2, 0.25) is 0 Å². The predicted molar refractivity (Wildman–Crippen MR) is 134 cm³/mol. The van der Waals surface area contributed by atoms with Gasteiger partial charge in [0.05, 0.1) is 11.4 Å². The molecule has 0 saturated carbocycles. The van der Waals surface area contributed by atoms with Crippen molar-refractivity contribution in [3.05, 3.63) is 60.2 Å². The molecule has 33 heavy (non-hydrogen) atoms. The van der Waals surface area contributed by atoms with E-state index in [4.69, 9.17) is 10.8 Å². The number of piperidine rings is 1. The number of carbonyl (C=O) groups is 1. The average Bonchev–Trinajstić information content (AvgIpc) is 2.86. The van der Waals surface area contributed by atoms with Gasteiger partial charge in [-0.25, -0.2) is 16.3 Å². The van der Waals surface area contributed by atoms with E-state index in [9.17, 15) is 4.79 Å². The molecule has 4 N–H and O–H groups in total. The van der Waals surface area contributed by atoms with Gasteiger partial charge in [-0.15, -0.1) is 0 Å². The summed E-state index contributed by atoms with van der Waals surface area (Å²) in [6, 6.07) is 18.2. The summed E-state index contributed by atoms with van der Waals surface area (Å²) in [5, 5.41) is 1.87. The van der Waals surface area contributed by atoms with E-state index in [0.29, 0.717) is 26.1 Å². The molecular weight excluding hydrogens is 412 g/mol. The fraction of sp³-hybridized carbons (Fsp3) is 0.462. The Balaban J connectivity index is 1.46. The lowest BCUT2D eigenvalue weighted by Gasteiger charge is -2.50. The number of fused-ring (bicyclic) bond motifs is 1. The Bertz CT molecular complexity index is 952. The molecule has 7 nitrogen and oxygen atoms in total. The molecule has 2 aromatic rings. The number of nitrogens with two attached hydrogens (primary N) is 1. The lowest BCUT2D eigenvalue weighted by atomic mass is 9.83. The molecule has 1 spiro atoms. The number of hydrogen-bond acceptors (Lipinski definition) is 6. The molecule has 1 amide bonds. The SMILES string of the molecule is CCCCCCC(=O)N1CCC2(CC1)C(NNCc1ccccc1)=Nc1ccccc1N2N. The molecule has 7 heteroatoms. The third kappa shape index (κ3) is 5.20. The molecule has 2 aliphatic rings. The molecule has 2 aliphatic heterocycles. The summed E-state index contributed by atoms with van der Waals surface area (Å²) in [6.45, 7) is 4.23. The van der Waals surface area contributed by atoms with Crippen LogP contribution in [0.3, 0.4) is 0 Å². The highest BCUT2D eigenvalue weighted by Gasteiger charge is 2.47. The molecule has 0 radical (unpaired) electrons. The van der Waals surface area contributed by atoms with Crippen molar-refractivity contribution in [3.8, 4) is 0 Å². The van der Waals surface area contributed by atoms with Gasteiger partial charge in [0, 0.05) is 26.1 Å². The van der Waals surface area contributed by atoms with Crippen LogP contribution in [0, 0.1) is 0 Å². The van der Waals surface area contributed by atoms with Gasteiger partial charge in [-0.2, -0.15) is 0 Å².